The number of hydrogen-bond donors (Lipinski definition) is 0. The molecule has 1 aliphatic rings. The van der Waals surface area contributed by atoms with Crippen molar-refractivity contribution >= 4 is 31.9 Å². The van der Waals surface area contributed by atoms with E-state index in [-0.39, 0.29) is 0 Å². The van der Waals surface area contributed by atoms with Gasteiger partial charge in [0, 0.05) is 28.0 Å². The molecule has 1 saturated carbocycles. The predicted octanol–water partition coefficient (Wildman–Crippen LogP) is 4.60. The van der Waals surface area contributed by atoms with Crippen molar-refractivity contribution in [1.82, 2.24) is 4.90 Å². The first-order valence-corrected chi connectivity index (χ1v) is 8.78. The lowest BCUT2D eigenvalue weighted by Crippen LogP contribution is -2.40. The van der Waals surface area contributed by atoms with Gasteiger partial charge in [0.15, 0.2) is 0 Å². The Morgan fingerprint density at radius 3 is 2.74 bits per heavy atom. The highest BCUT2D eigenvalue weighted by Gasteiger charge is 2.25. The maximum Gasteiger partial charge on any atom is 0.123 e. The Labute approximate surface area is 132 Å². The minimum Gasteiger partial charge on any atom is -0.496 e. The number of rotatable bonds is 7. The molecule has 0 aliphatic heterocycles. The summed E-state index contributed by atoms with van der Waals surface area (Å²) >= 11 is 7.09. The van der Waals surface area contributed by atoms with E-state index in [1.54, 1.807) is 7.11 Å². The van der Waals surface area contributed by atoms with Crippen LogP contribution in [0.5, 0.6) is 5.75 Å². The van der Waals surface area contributed by atoms with Crippen LogP contribution in [0.2, 0.25) is 0 Å². The van der Waals surface area contributed by atoms with E-state index in [1.165, 1.54) is 31.2 Å². The van der Waals surface area contributed by atoms with Crippen molar-refractivity contribution in [2.75, 3.05) is 19.0 Å². The Bertz CT molecular complexity index is 407. The van der Waals surface area contributed by atoms with Crippen LogP contribution in [0.4, 0.5) is 0 Å². The average Bonchev–Trinajstić information content (AvgIpc) is 2.34. The molecule has 0 unspecified atom stereocenters. The van der Waals surface area contributed by atoms with Crippen LogP contribution in [-0.4, -0.2) is 29.9 Å². The summed E-state index contributed by atoms with van der Waals surface area (Å²) in [6, 6.07) is 7.03. The molecule has 106 valence electrons. The fourth-order valence-electron chi connectivity index (χ4n) is 2.49. The summed E-state index contributed by atoms with van der Waals surface area (Å²) in [6.45, 7) is 2.14. The highest BCUT2D eigenvalue weighted by molar-refractivity contribution is 9.10. The first-order valence-electron chi connectivity index (χ1n) is 6.87. The Morgan fingerprint density at radius 2 is 2.16 bits per heavy atom. The molecular weight excluding hydrogens is 370 g/mol. The van der Waals surface area contributed by atoms with Crippen molar-refractivity contribution in [3.63, 3.8) is 0 Å². The highest BCUT2D eigenvalue weighted by atomic mass is 79.9. The lowest BCUT2D eigenvalue weighted by Gasteiger charge is -2.37. The third-order valence-electron chi connectivity index (χ3n) is 3.79. The fourth-order valence-corrected chi connectivity index (χ4v) is 3.15. The molecular formula is C15H21Br2NO. The van der Waals surface area contributed by atoms with E-state index in [0.29, 0.717) is 0 Å². The molecule has 2 nitrogen and oxygen atoms in total. The van der Waals surface area contributed by atoms with Crippen LogP contribution in [0.3, 0.4) is 0 Å². The third-order valence-corrected chi connectivity index (χ3v) is 4.84. The van der Waals surface area contributed by atoms with Gasteiger partial charge in [-0.05, 0) is 44.0 Å². The molecule has 0 heterocycles. The van der Waals surface area contributed by atoms with E-state index in [9.17, 15) is 0 Å². The summed E-state index contributed by atoms with van der Waals surface area (Å²) < 4.78 is 6.60. The van der Waals surface area contributed by atoms with Crippen LogP contribution in [0.15, 0.2) is 22.7 Å². The number of nitrogens with zero attached hydrogens (tertiary/aromatic N) is 1. The minimum atomic E-state index is 0.766. The molecule has 1 aliphatic carbocycles. The van der Waals surface area contributed by atoms with Crippen molar-refractivity contribution in [2.24, 2.45) is 0 Å². The van der Waals surface area contributed by atoms with E-state index >= 15 is 0 Å². The van der Waals surface area contributed by atoms with Crippen LogP contribution in [0, 0.1) is 0 Å². The standard InChI is InChI=1S/C15H21Br2NO/c1-19-15-7-6-13(17)10-12(15)11-18(9-3-8-16)14-4-2-5-14/h6-7,10,14H,2-5,8-9,11H2,1H3. The Balaban J connectivity index is 2.08. The van der Waals surface area contributed by atoms with Crippen LogP contribution in [0.25, 0.3) is 0 Å². The quantitative estimate of drug-likeness (QED) is 0.631. The summed E-state index contributed by atoms with van der Waals surface area (Å²) in [5, 5.41) is 1.08. The summed E-state index contributed by atoms with van der Waals surface area (Å²) in [7, 11) is 1.75. The monoisotopic (exact) mass is 389 g/mol. The zero-order chi connectivity index (χ0) is 13.7. The van der Waals surface area contributed by atoms with Gasteiger partial charge in [-0.3, -0.25) is 4.90 Å². The van der Waals surface area contributed by atoms with Crippen molar-refractivity contribution in [3.8, 4) is 5.75 Å². The number of halogens is 2. The van der Waals surface area contributed by atoms with E-state index < -0.39 is 0 Å². The Morgan fingerprint density at radius 1 is 1.37 bits per heavy atom. The molecule has 19 heavy (non-hydrogen) atoms. The SMILES string of the molecule is COc1ccc(Br)cc1CN(CCCBr)C1CCC1. The molecule has 1 fully saturated rings. The van der Waals surface area contributed by atoms with Crippen molar-refractivity contribution in [3.05, 3.63) is 28.2 Å². The van der Waals surface area contributed by atoms with Crippen LogP contribution >= 0.6 is 31.9 Å². The third kappa shape index (κ3) is 4.20. The predicted molar refractivity (Wildman–Crippen MR) is 87.2 cm³/mol. The molecule has 2 rings (SSSR count). The molecule has 0 amide bonds. The summed E-state index contributed by atoms with van der Waals surface area (Å²) in [6.07, 6.45) is 5.27. The lowest BCUT2D eigenvalue weighted by atomic mass is 9.91. The summed E-state index contributed by atoms with van der Waals surface area (Å²) in [5.41, 5.74) is 1.28. The minimum absolute atomic E-state index is 0.766. The summed E-state index contributed by atoms with van der Waals surface area (Å²) in [5.74, 6) is 0.992. The van der Waals surface area contributed by atoms with Gasteiger partial charge in [0.05, 0.1) is 7.11 Å². The molecule has 0 radical (unpaired) electrons. The number of hydrogen-bond acceptors (Lipinski definition) is 2. The smallest absolute Gasteiger partial charge is 0.123 e. The van der Waals surface area contributed by atoms with Crippen LogP contribution in [0.1, 0.15) is 31.2 Å². The number of alkyl halides is 1. The lowest BCUT2D eigenvalue weighted by molar-refractivity contribution is 0.119. The molecule has 1 aromatic rings. The highest BCUT2D eigenvalue weighted by Crippen LogP contribution is 2.30. The fraction of sp³-hybridized carbons (Fsp3) is 0.600. The zero-order valence-corrected chi connectivity index (χ0v) is 14.5. The van der Waals surface area contributed by atoms with Crippen molar-refractivity contribution in [1.29, 1.82) is 0 Å². The molecule has 4 heteroatoms. The van der Waals surface area contributed by atoms with Gasteiger partial charge in [-0.25, -0.2) is 0 Å². The zero-order valence-electron chi connectivity index (χ0n) is 11.4. The maximum atomic E-state index is 5.48. The van der Waals surface area contributed by atoms with E-state index in [2.05, 4.69) is 42.8 Å². The topological polar surface area (TPSA) is 12.5 Å². The summed E-state index contributed by atoms with van der Waals surface area (Å²) in [4.78, 5) is 2.61. The second kappa shape index (κ2) is 7.65. The normalized spacial score (nSPS) is 15.6. The molecule has 0 N–H and O–H groups in total. The molecule has 0 bridgehead atoms. The second-order valence-electron chi connectivity index (χ2n) is 5.05. The largest absolute Gasteiger partial charge is 0.496 e. The van der Waals surface area contributed by atoms with Gasteiger partial charge >= 0.3 is 0 Å². The maximum absolute atomic E-state index is 5.48. The first kappa shape index (κ1) is 15.3. The van der Waals surface area contributed by atoms with Crippen LogP contribution < -0.4 is 4.74 Å². The molecule has 0 aromatic heterocycles. The van der Waals surface area contributed by atoms with Gasteiger partial charge in [-0.15, -0.1) is 0 Å². The molecule has 0 spiro atoms. The van der Waals surface area contributed by atoms with Crippen LogP contribution in [-0.2, 0) is 6.54 Å². The van der Waals surface area contributed by atoms with Gasteiger partial charge in [0.2, 0.25) is 0 Å². The number of ether oxygens (including phenoxy) is 1. The van der Waals surface area contributed by atoms with Gasteiger partial charge in [-0.1, -0.05) is 38.3 Å². The first-order chi connectivity index (χ1) is 9.24. The Hall–Kier alpha value is -0.0600. The van der Waals surface area contributed by atoms with Gasteiger partial charge in [0.1, 0.15) is 5.75 Å². The van der Waals surface area contributed by atoms with E-state index in [1.807, 2.05) is 12.1 Å². The Kier molecular flexibility index (Phi) is 6.17. The average molecular weight is 391 g/mol. The van der Waals surface area contributed by atoms with E-state index in [0.717, 1.165) is 34.7 Å². The van der Waals surface area contributed by atoms with Gasteiger partial charge in [0.25, 0.3) is 0 Å². The molecule has 0 atom stereocenters. The molecule has 0 saturated heterocycles. The van der Waals surface area contributed by atoms with Gasteiger partial charge in [-0.2, -0.15) is 0 Å². The van der Waals surface area contributed by atoms with Crippen molar-refractivity contribution < 1.29 is 4.74 Å². The van der Waals surface area contributed by atoms with Gasteiger partial charge < -0.3 is 4.74 Å². The number of benzene rings is 1. The van der Waals surface area contributed by atoms with Crippen molar-refractivity contribution in [2.45, 2.75) is 38.3 Å². The molecule has 1 aromatic carbocycles. The number of methoxy groups -OCH3 is 1. The van der Waals surface area contributed by atoms with E-state index in [4.69, 9.17) is 4.74 Å². The second-order valence-corrected chi connectivity index (χ2v) is 6.76.